The number of amides is 1. The first kappa shape index (κ1) is 14.4. The van der Waals surface area contributed by atoms with Gasteiger partial charge >= 0.3 is 0 Å². The second-order valence-electron chi connectivity index (χ2n) is 5.22. The van der Waals surface area contributed by atoms with Crippen molar-refractivity contribution in [3.05, 3.63) is 24.0 Å². The van der Waals surface area contributed by atoms with E-state index in [1.165, 1.54) is 23.0 Å². The fourth-order valence-electron chi connectivity index (χ4n) is 2.74. The van der Waals surface area contributed by atoms with Crippen LogP contribution in [0.2, 0.25) is 0 Å². The highest BCUT2D eigenvalue weighted by atomic mass is 32.2. The minimum absolute atomic E-state index is 0.138. The van der Waals surface area contributed by atoms with E-state index in [1.54, 1.807) is 0 Å². The minimum atomic E-state index is 0.138. The van der Waals surface area contributed by atoms with Gasteiger partial charge in [-0.25, -0.2) is 0 Å². The molecule has 2 saturated heterocycles. The highest BCUT2D eigenvalue weighted by Crippen LogP contribution is 2.21. The summed E-state index contributed by atoms with van der Waals surface area (Å²) in [5, 5.41) is 0. The maximum Gasteiger partial charge on any atom is 0.270 e. The maximum absolute atomic E-state index is 12.3. The molecular weight excluding hydrogens is 290 g/mol. The van der Waals surface area contributed by atoms with Crippen molar-refractivity contribution in [3.63, 3.8) is 0 Å². The van der Waals surface area contributed by atoms with Gasteiger partial charge in [0.1, 0.15) is 5.69 Å². The normalized spacial score (nSPS) is 22.7. The third-order valence-corrected chi connectivity index (χ3v) is 6.42. The summed E-state index contributed by atoms with van der Waals surface area (Å²) in [5.41, 5.74) is 0.707. The van der Waals surface area contributed by atoms with Crippen molar-refractivity contribution in [1.29, 1.82) is 0 Å². The van der Waals surface area contributed by atoms with Crippen molar-refractivity contribution >= 4 is 29.4 Å². The first-order valence-corrected chi connectivity index (χ1v) is 9.48. The average molecular weight is 311 g/mol. The van der Waals surface area contributed by atoms with Crippen LogP contribution in [0.25, 0.3) is 0 Å². The first-order valence-electron chi connectivity index (χ1n) is 7.17. The van der Waals surface area contributed by atoms with Crippen LogP contribution in [0.4, 0.5) is 0 Å². The van der Waals surface area contributed by atoms with Crippen LogP contribution >= 0.6 is 23.5 Å². The summed E-state index contributed by atoms with van der Waals surface area (Å²) < 4.78 is 0. The molecule has 2 fully saturated rings. The van der Waals surface area contributed by atoms with Gasteiger partial charge in [-0.2, -0.15) is 23.5 Å². The Balaban J connectivity index is 1.52. The standard InChI is InChI=1S/C14H21N3OS2/c18-14(13-2-1-3-15-13)17-6-4-16(5-7-17)12-10-19-8-9-20-11-12/h1-3,12,15H,4-11H2. The molecule has 3 heterocycles. The SMILES string of the molecule is O=C(c1ccc[nH]1)N1CCN(C2CSCCSC2)CC1. The number of thioether (sulfide) groups is 2. The lowest BCUT2D eigenvalue weighted by molar-refractivity contribution is 0.0597. The Kier molecular flexibility index (Phi) is 4.96. The molecule has 3 rings (SSSR count). The van der Waals surface area contributed by atoms with Gasteiger partial charge in [-0.3, -0.25) is 9.69 Å². The van der Waals surface area contributed by atoms with Gasteiger partial charge in [-0.15, -0.1) is 0 Å². The summed E-state index contributed by atoms with van der Waals surface area (Å²) >= 11 is 4.15. The van der Waals surface area contributed by atoms with Crippen LogP contribution < -0.4 is 0 Å². The third kappa shape index (κ3) is 3.35. The molecule has 0 aliphatic carbocycles. The molecule has 0 atom stereocenters. The Morgan fingerprint density at radius 1 is 1.15 bits per heavy atom. The quantitative estimate of drug-likeness (QED) is 0.901. The van der Waals surface area contributed by atoms with Gasteiger partial charge in [0.05, 0.1) is 0 Å². The van der Waals surface area contributed by atoms with Crippen LogP contribution in [0.5, 0.6) is 0 Å². The summed E-state index contributed by atoms with van der Waals surface area (Å²) in [6.45, 7) is 3.73. The largest absolute Gasteiger partial charge is 0.357 e. The first-order chi connectivity index (χ1) is 9.84. The summed E-state index contributed by atoms with van der Waals surface area (Å²) in [4.78, 5) is 19.8. The summed E-state index contributed by atoms with van der Waals surface area (Å²) in [5.74, 6) is 5.20. The predicted octanol–water partition coefficient (Wildman–Crippen LogP) is 1.62. The molecule has 0 radical (unpaired) electrons. The van der Waals surface area contributed by atoms with E-state index >= 15 is 0 Å². The van der Waals surface area contributed by atoms with Gasteiger partial charge in [-0.05, 0) is 12.1 Å². The van der Waals surface area contributed by atoms with Crippen molar-refractivity contribution in [1.82, 2.24) is 14.8 Å². The van der Waals surface area contributed by atoms with Gasteiger partial charge in [0.25, 0.3) is 5.91 Å². The van der Waals surface area contributed by atoms with Gasteiger partial charge in [0.2, 0.25) is 0 Å². The third-order valence-electron chi connectivity index (χ3n) is 3.94. The van der Waals surface area contributed by atoms with Gasteiger partial charge < -0.3 is 9.88 Å². The highest BCUT2D eigenvalue weighted by Gasteiger charge is 2.27. The monoisotopic (exact) mass is 311 g/mol. The lowest BCUT2D eigenvalue weighted by atomic mass is 10.2. The maximum atomic E-state index is 12.3. The molecule has 0 bridgehead atoms. The molecule has 4 nitrogen and oxygen atoms in total. The number of carbonyl (C=O) groups is 1. The van der Waals surface area contributed by atoms with E-state index in [4.69, 9.17) is 0 Å². The molecule has 1 amide bonds. The number of nitrogens with one attached hydrogen (secondary N) is 1. The summed E-state index contributed by atoms with van der Waals surface area (Å²) in [6, 6.07) is 4.42. The van der Waals surface area contributed by atoms with E-state index in [1.807, 2.05) is 23.2 Å². The zero-order valence-corrected chi connectivity index (χ0v) is 13.2. The molecule has 2 aliphatic rings. The molecule has 0 saturated carbocycles. The van der Waals surface area contributed by atoms with Crippen LogP contribution in [0.15, 0.2) is 18.3 Å². The summed E-state index contributed by atoms with van der Waals surface area (Å²) in [7, 11) is 0. The minimum Gasteiger partial charge on any atom is -0.357 e. The van der Waals surface area contributed by atoms with Crippen molar-refractivity contribution in [2.45, 2.75) is 6.04 Å². The van der Waals surface area contributed by atoms with Gasteiger partial charge in [0, 0.05) is 61.4 Å². The van der Waals surface area contributed by atoms with Crippen molar-refractivity contribution < 1.29 is 4.79 Å². The molecule has 0 aromatic carbocycles. The van der Waals surface area contributed by atoms with Gasteiger partial charge in [-0.1, -0.05) is 0 Å². The number of carbonyl (C=O) groups excluding carboxylic acids is 1. The molecular formula is C14H21N3OS2. The molecule has 20 heavy (non-hydrogen) atoms. The Hall–Kier alpha value is -0.590. The molecule has 1 aromatic rings. The molecule has 2 aliphatic heterocycles. The lowest BCUT2D eigenvalue weighted by Gasteiger charge is -2.38. The zero-order valence-electron chi connectivity index (χ0n) is 11.6. The van der Waals surface area contributed by atoms with Crippen LogP contribution in [0.1, 0.15) is 10.5 Å². The number of aromatic nitrogens is 1. The van der Waals surface area contributed by atoms with E-state index < -0.39 is 0 Å². The number of hydrogen-bond donors (Lipinski definition) is 1. The molecule has 1 aromatic heterocycles. The highest BCUT2D eigenvalue weighted by molar-refractivity contribution is 8.03. The Morgan fingerprint density at radius 3 is 2.45 bits per heavy atom. The van der Waals surface area contributed by atoms with Crippen molar-refractivity contribution in [2.75, 3.05) is 49.2 Å². The molecule has 0 unspecified atom stereocenters. The van der Waals surface area contributed by atoms with E-state index in [0.29, 0.717) is 11.7 Å². The lowest BCUT2D eigenvalue weighted by Crippen LogP contribution is -2.53. The smallest absolute Gasteiger partial charge is 0.270 e. The predicted molar refractivity (Wildman–Crippen MR) is 86.7 cm³/mol. The van der Waals surface area contributed by atoms with Gasteiger partial charge in [0.15, 0.2) is 0 Å². The Labute approximate surface area is 128 Å². The molecule has 110 valence electrons. The second kappa shape index (κ2) is 6.91. The van der Waals surface area contributed by atoms with Crippen molar-refractivity contribution in [3.8, 4) is 0 Å². The molecule has 6 heteroatoms. The number of H-pyrrole nitrogens is 1. The van der Waals surface area contributed by atoms with Crippen LogP contribution in [0.3, 0.4) is 0 Å². The number of piperazine rings is 1. The Morgan fingerprint density at radius 2 is 1.85 bits per heavy atom. The van der Waals surface area contributed by atoms with Crippen LogP contribution in [-0.4, -0.2) is 75.9 Å². The zero-order chi connectivity index (χ0) is 13.8. The van der Waals surface area contributed by atoms with E-state index in [9.17, 15) is 4.79 Å². The fraction of sp³-hybridized carbons (Fsp3) is 0.643. The number of hydrogen-bond acceptors (Lipinski definition) is 4. The summed E-state index contributed by atoms with van der Waals surface area (Å²) in [6.07, 6.45) is 1.81. The Bertz CT molecular complexity index is 422. The topological polar surface area (TPSA) is 39.3 Å². The fourth-order valence-corrected chi connectivity index (χ4v) is 5.37. The van der Waals surface area contributed by atoms with Crippen LogP contribution in [0, 0.1) is 0 Å². The van der Waals surface area contributed by atoms with E-state index in [0.717, 1.165) is 26.2 Å². The molecule has 1 N–H and O–H groups in total. The van der Waals surface area contributed by atoms with Crippen molar-refractivity contribution in [2.24, 2.45) is 0 Å². The van der Waals surface area contributed by atoms with Crippen LogP contribution in [-0.2, 0) is 0 Å². The number of nitrogens with zero attached hydrogens (tertiary/aromatic N) is 2. The van der Waals surface area contributed by atoms with E-state index in [2.05, 4.69) is 33.4 Å². The molecule has 0 spiro atoms. The number of aromatic amines is 1. The average Bonchev–Trinajstić information content (AvgIpc) is 2.89. The second-order valence-corrected chi connectivity index (χ2v) is 7.52. The number of rotatable bonds is 2. The van der Waals surface area contributed by atoms with E-state index in [-0.39, 0.29) is 5.91 Å².